The summed E-state index contributed by atoms with van der Waals surface area (Å²) in [4.78, 5) is 28.8. The number of hydrogen-bond donors (Lipinski definition) is 0. The molecule has 0 saturated heterocycles. The summed E-state index contributed by atoms with van der Waals surface area (Å²) in [6.45, 7) is 5.95. The fourth-order valence-corrected chi connectivity index (χ4v) is 3.72. The summed E-state index contributed by atoms with van der Waals surface area (Å²) < 4.78 is 25.9. The smallest absolute Gasteiger partial charge is 0.338 e. The topological polar surface area (TPSA) is 69.9 Å². The molecule has 8 heteroatoms. The number of hydrogen-bond acceptors (Lipinski definition) is 5. The first kappa shape index (κ1) is 20.5. The average Bonchev–Trinajstić information content (AvgIpc) is 3.04. The maximum Gasteiger partial charge on any atom is 0.338 e. The second kappa shape index (κ2) is 9.29. The predicted molar refractivity (Wildman–Crippen MR) is 108 cm³/mol. The van der Waals surface area contributed by atoms with Gasteiger partial charge in [-0.25, -0.2) is 9.18 Å². The highest BCUT2D eigenvalue weighted by molar-refractivity contribution is 7.16. The van der Waals surface area contributed by atoms with Gasteiger partial charge in [0.25, 0.3) is 5.91 Å². The summed E-state index contributed by atoms with van der Waals surface area (Å²) in [6.07, 6.45) is 1.70. The quantitative estimate of drug-likeness (QED) is 0.437. The Balaban J connectivity index is 1.88. The Hall–Kier alpha value is -3.26. The van der Waals surface area contributed by atoms with Crippen LogP contribution in [0.25, 0.3) is 10.2 Å². The van der Waals surface area contributed by atoms with E-state index in [0.29, 0.717) is 29.3 Å². The number of aromatic nitrogens is 1. The summed E-state index contributed by atoms with van der Waals surface area (Å²) in [6, 6.07) is 10.6. The minimum absolute atomic E-state index is 0.276. The molecule has 0 saturated carbocycles. The molecular formula is C21H19FN2O4S. The van der Waals surface area contributed by atoms with Crippen LogP contribution in [-0.2, 0) is 16.1 Å². The van der Waals surface area contributed by atoms with Gasteiger partial charge in [0.1, 0.15) is 11.6 Å². The lowest BCUT2D eigenvalue weighted by Crippen LogP contribution is -2.19. The second-order valence-electron chi connectivity index (χ2n) is 5.94. The van der Waals surface area contributed by atoms with Crippen LogP contribution in [0.1, 0.15) is 17.3 Å². The Morgan fingerprint density at radius 1 is 1.24 bits per heavy atom. The van der Waals surface area contributed by atoms with Crippen molar-refractivity contribution in [3.63, 3.8) is 0 Å². The van der Waals surface area contributed by atoms with Crippen LogP contribution in [0.3, 0.4) is 0 Å². The van der Waals surface area contributed by atoms with Gasteiger partial charge in [0, 0.05) is 6.54 Å². The van der Waals surface area contributed by atoms with Gasteiger partial charge in [-0.05, 0) is 49.4 Å². The van der Waals surface area contributed by atoms with Gasteiger partial charge in [0.2, 0.25) is 0 Å². The van der Waals surface area contributed by atoms with Crippen LogP contribution < -0.4 is 9.54 Å². The van der Waals surface area contributed by atoms with E-state index in [-0.39, 0.29) is 12.4 Å². The zero-order chi connectivity index (χ0) is 20.8. The van der Waals surface area contributed by atoms with Gasteiger partial charge >= 0.3 is 5.97 Å². The van der Waals surface area contributed by atoms with Crippen molar-refractivity contribution in [1.29, 1.82) is 0 Å². The molecule has 6 nitrogen and oxygen atoms in total. The van der Waals surface area contributed by atoms with E-state index < -0.39 is 11.9 Å². The number of ether oxygens (including phenoxy) is 2. The van der Waals surface area contributed by atoms with Crippen LogP contribution in [0, 0.1) is 5.82 Å². The van der Waals surface area contributed by atoms with Gasteiger partial charge in [-0.3, -0.25) is 4.79 Å². The van der Waals surface area contributed by atoms with Gasteiger partial charge < -0.3 is 14.0 Å². The predicted octanol–water partition coefficient (Wildman–Crippen LogP) is 3.71. The molecule has 1 heterocycles. The van der Waals surface area contributed by atoms with E-state index in [4.69, 9.17) is 9.47 Å². The lowest BCUT2D eigenvalue weighted by atomic mass is 10.2. The number of carbonyl (C=O) groups is 2. The van der Waals surface area contributed by atoms with E-state index in [0.717, 1.165) is 10.2 Å². The van der Waals surface area contributed by atoms with Crippen LogP contribution in [0.15, 0.2) is 60.1 Å². The number of nitrogens with zero attached hydrogens (tertiary/aromatic N) is 2. The van der Waals surface area contributed by atoms with Crippen molar-refractivity contribution >= 4 is 33.4 Å². The van der Waals surface area contributed by atoms with Crippen LogP contribution in [0.5, 0.6) is 5.75 Å². The highest BCUT2D eigenvalue weighted by atomic mass is 32.1. The molecule has 0 atom stereocenters. The first-order chi connectivity index (χ1) is 14.0. The zero-order valence-electron chi connectivity index (χ0n) is 15.8. The van der Waals surface area contributed by atoms with E-state index in [1.807, 2.05) is 4.57 Å². The van der Waals surface area contributed by atoms with Crippen molar-refractivity contribution < 1.29 is 23.5 Å². The van der Waals surface area contributed by atoms with Gasteiger partial charge in [-0.2, -0.15) is 4.99 Å². The fourth-order valence-electron chi connectivity index (χ4n) is 2.62. The van der Waals surface area contributed by atoms with Crippen LogP contribution in [-0.4, -0.2) is 29.7 Å². The molecule has 0 N–H and O–H groups in total. The monoisotopic (exact) mass is 414 g/mol. The van der Waals surface area contributed by atoms with Gasteiger partial charge in [-0.1, -0.05) is 17.4 Å². The minimum atomic E-state index is -0.482. The van der Waals surface area contributed by atoms with Gasteiger partial charge in [0.05, 0.1) is 22.4 Å². The van der Waals surface area contributed by atoms with Crippen molar-refractivity contribution in [3.8, 4) is 5.75 Å². The van der Waals surface area contributed by atoms with E-state index >= 15 is 0 Å². The SMILES string of the molecule is C=CCn1c(=NC(=O)COc2ccc(F)cc2)sc2cc(C(=O)OCC)ccc21. The number of fused-ring (bicyclic) bond motifs is 1. The normalized spacial score (nSPS) is 11.4. The molecule has 0 aliphatic heterocycles. The molecule has 150 valence electrons. The number of esters is 1. The van der Waals surface area contributed by atoms with Gasteiger partial charge in [0.15, 0.2) is 11.4 Å². The molecule has 0 unspecified atom stereocenters. The van der Waals surface area contributed by atoms with Crippen molar-refractivity contribution in [2.45, 2.75) is 13.5 Å². The highest BCUT2D eigenvalue weighted by Crippen LogP contribution is 2.20. The summed E-state index contributed by atoms with van der Waals surface area (Å²) in [5.74, 6) is -0.889. The summed E-state index contributed by atoms with van der Waals surface area (Å²) in [5.41, 5.74) is 1.26. The maximum absolute atomic E-state index is 12.9. The van der Waals surface area contributed by atoms with E-state index in [1.165, 1.54) is 35.6 Å². The molecule has 0 spiro atoms. The Morgan fingerprint density at radius 2 is 2.00 bits per heavy atom. The molecule has 1 aromatic heterocycles. The van der Waals surface area contributed by atoms with E-state index in [2.05, 4.69) is 11.6 Å². The standard InChI is InChI=1S/C21H19FN2O4S/c1-3-11-24-17-10-5-14(20(26)27-4-2)12-18(17)29-21(24)23-19(25)13-28-16-8-6-15(22)7-9-16/h3,5-10,12H,1,4,11,13H2,2H3. The summed E-state index contributed by atoms with van der Waals surface area (Å²) >= 11 is 1.28. The minimum Gasteiger partial charge on any atom is -0.484 e. The van der Waals surface area contributed by atoms with Crippen molar-refractivity contribution in [2.75, 3.05) is 13.2 Å². The molecule has 0 bridgehead atoms. The number of allylic oxidation sites excluding steroid dienone is 1. The van der Waals surface area contributed by atoms with E-state index in [1.54, 1.807) is 31.2 Å². The molecule has 3 aromatic rings. The van der Waals surface area contributed by atoms with Crippen LogP contribution in [0.2, 0.25) is 0 Å². The number of halogens is 1. The number of amides is 1. The lowest BCUT2D eigenvalue weighted by Gasteiger charge is -2.04. The van der Waals surface area contributed by atoms with Gasteiger partial charge in [-0.15, -0.1) is 6.58 Å². The molecule has 29 heavy (non-hydrogen) atoms. The van der Waals surface area contributed by atoms with Crippen molar-refractivity contribution in [2.24, 2.45) is 4.99 Å². The number of rotatable bonds is 7. The molecule has 0 fully saturated rings. The molecule has 0 radical (unpaired) electrons. The van der Waals surface area contributed by atoms with E-state index in [9.17, 15) is 14.0 Å². The Morgan fingerprint density at radius 3 is 2.69 bits per heavy atom. The first-order valence-electron chi connectivity index (χ1n) is 8.89. The molecule has 0 aliphatic rings. The number of thiazole rings is 1. The third-order valence-electron chi connectivity index (χ3n) is 3.90. The number of carbonyl (C=O) groups excluding carboxylic acids is 2. The van der Waals surface area contributed by atoms with Crippen LogP contribution in [0.4, 0.5) is 4.39 Å². The summed E-state index contributed by atoms with van der Waals surface area (Å²) in [7, 11) is 0. The third-order valence-corrected chi connectivity index (χ3v) is 4.94. The Labute approximate surface area is 170 Å². The maximum atomic E-state index is 12.9. The second-order valence-corrected chi connectivity index (χ2v) is 6.94. The Bertz CT molecular complexity index is 1120. The van der Waals surface area contributed by atoms with Crippen molar-refractivity contribution in [3.05, 3.63) is 71.3 Å². The molecule has 2 aromatic carbocycles. The molecular weight excluding hydrogens is 395 g/mol. The highest BCUT2D eigenvalue weighted by Gasteiger charge is 2.12. The third kappa shape index (κ3) is 4.97. The average molecular weight is 414 g/mol. The molecule has 1 amide bonds. The van der Waals surface area contributed by atoms with Crippen LogP contribution >= 0.6 is 11.3 Å². The summed E-state index contributed by atoms with van der Waals surface area (Å²) in [5, 5.41) is 0. The Kier molecular flexibility index (Phi) is 6.56. The zero-order valence-corrected chi connectivity index (χ0v) is 16.6. The largest absolute Gasteiger partial charge is 0.484 e. The van der Waals surface area contributed by atoms with Crippen molar-refractivity contribution in [1.82, 2.24) is 4.57 Å². The molecule has 3 rings (SSSR count). The molecule has 0 aliphatic carbocycles. The first-order valence-corrected chi connectivity index (χ1v) is 9.70. The fraction of sp³-hybridized carbons (Fsp3) is 0.190. The lowest BCUT2D eigenvalue weighted by molar-refractivity contribution is -0.120. The number of benzene rings is 2.